The Labute approximate surface area is 198 Å². The van der Waals surface area contributed by atoms with Crippen LogP contribution in [0, 0.1) is 0 Å². The van der Waals surface area contributed by atoms with Gasteiger partial charge >= 0.3 is 0 Å². The molecule has 0 aliphatic rings. The van der Waals surface area contributed by atoms with Gasteiger partial charge in [-0.1, -0.05) is 53.0 Å². The summed E-state index contributed by atoms with van der Waals surface area (Å²) in [6, 6.07) is 18.0. The lowest BCUT2D eigenvalue weighted by Crippen LogP contribution is -2.43. The highest BCUT2D eigenvalue weighted by Gasteiger charge is 2.11. The van der Waals surface area contributed by atoms with Gasteiger partial charge in [-0.15, -0.1) is 0 Å². The van der Waals surface area contributed by atoms with E-state index >= 15 is 0 Å². The number of rotatable bonds is 4. The molecule has 0 spiro atoms. The van der Waals surface area contributed by atoms with E-state index in [1.54, 1.807) is 42.5 Å². The lowest BCUT2D eigenvalue weighted by atomic mass is 10.1. The summed E-state index contributed by atoms with van der Waals surface area (Å²) >= 11 is 23.1. The van der Waals surface area contributed by atoms with Crippen LogP contribution in [0.1, 0.15) is 20.7 Å². The number of halogens is 3. The molecule has 31 heavy (non-hydrogen) atoms. The number of hydrogen-bond acceptors (Lipinski definition) is 3. The molecule has 0 aliphatic carbocycles. The van der Waals surface area contributed by atoms with E-state index < -0.39 is 11.8 Å². The Morgan fingerprint density at radius 2 is 1.42 bits per heavy atom. The van der Waals surface area contributed by atoms with Crippen LogP contribution in [0.3, 0.4) is 0 Å². The van der Waals surface area contributed by atoms with Crippen LogP contribution < -0.4 is 21.5 Å². The van der Waals surface area contributed by atoms with E-state index in [4.69, 9.17) is 47.0 Å². The number of hydrazine groups is 1. The third-order valence-electron chi connectivity index (χ3n) is 3.92. The van der Waals surface area contributed by atoms with Gasteiger partial charge in [-0.05, 0) is 60.7 Å². The molecule has 0 saturated heterocycles. The number of thiocarbonyl (C=S) groups is 1. The molecule has 0 saturated carbocycles. The largest absolute Gasteiger partial charge is 0.330 e. The smallest absolute Gasteiger partial charge is 0.269 e. The van der Waals surface area contributed by atoms with Crippen molar-refractivity contribution >= 4 is 75.3 Å². The van der Waals surface area contributed by atoms with Crippen LogP contribution in [-0.2, 0) is 0 Å². The number of amides is 2. The molecule has 3 aromatic carbocycles. The second kappa shape index (κ2) is 10.5. The Hall–Kier alpha value is -2.84. The van der Waals surface area contributed by atoms with Crippen LogP contribution >= 0.6 is 47.0 Å². The van der Waals surface area contributed by atoms with Crippen LogP contribution in [0.5, 0.6) is 0 Å². The number of hydrogen-bond donors (Lipinski definition) is 4. The quantitative estimate of drug-likeness (QED) is 0.284. The summed E-state index contributed by atoms with van der Waals surface area (Å²) in [4.78, 5) is 24.9. The summed E-state index contributed by atoms with van der Waals surface area (Å²) in [5, 5.41) is 6.91. The second-order valence-corrected chi connectivity index (χ2v) is 7.89. The molecule has 0 radical (unpaired) electrons. The van der Waals surface area contributed by atoms with E-state index in [0.717, 1.165) is 0 Å². The lowest BCUT2D eigenvalue weighted by Gasteiger charge is -2.13. The van der Waals surface area contributed by atoms with Crippen molar-refractivity contribution in [1.29, 1.82) is 0 Å². The summed E-state index contributed by atoms with van der Waals surface area (Å²) < 4.78 is 0. The summed E-state index contributed by atoms with van der Waals surface area (Å²) in [5.41, 5.74) is 6.70. The predicted octanol–water partition coefficient (Wildman–Crippen LogP) is 5.53. The highest BCUT2D eigenvalue weighted by atomic mass is 35.5. The molecule has 4 N–H and O–H groups in total. The van der Waals surface area contributed by atoms with Crippen molar-refractivity contribution in [2.75, 3.05) is 10.6 Å². The maximum atomic E-state index is 12.4. The minimum atomic E-state index is -0.454. The van der Waals surface area contributed by atoms with E-state index in [-0.39, 0.29) is 5.11 Å². The predicted molar refractivity (Wildman–Crippen MR) is 129 cm³/mol. The Morgan fingerprint density at radius 3 is 2.13 bits per heavy atom. The van der Waals surface area contributed by atoms with Crippen LogP contribution in [0.25, 0.3) is 0 Å². The zero-order valence-electron chi connectivity index (χ0n) is 15.7. The zero-order chi connectivity index (χ0) is 22.4. The fourth-order valence-corrected chi connectivity index (χ4v) is 3.40. The van der Waals surface area contributed by atoms with Gasteiger partial charge in [0.25, 0.3) is 11.8 Å². The van der Waals surface area contributed by atoms with Crippen molar-refractivity contribution in [3.05, 3.63) is 92.9 Å². The molecule has 2 amide bonds. The third-order valence-corrected chi connectivity index (χ3v) is 4.89. The van der Waals surface area contributed by atoms with E-state index in [0.29, 0.717) is 37.6 Å². The first kappa shape index (κ1) is 22.8. The summed E-state index contributed by atoms with van der Waals surface area (Å²) in [6.45, 7) is 0. The molecule has 0 unspecified atom stereocenters. The topological polar surface area (TPSA) is 82.3 Å². The van der Waals surface area contributed by atoms with Crippen LogP contribution in [0.15, 0.2) is 66.7 Å². The average Bonchev–Trinajstić information content (AvgIpc) is 2.73. The van der Waals surface area contributed by atoms with Crippen LogP contribution in [0.2, 0.25) is 15.1 Å². The molecule has 10 heteroatoms. The maximum Gasteiger partial charge on any atom is 0.269 e. The molecular formula is C21H15Cl3N4O2S. The maximum absolute atomic E-state index is 12.4. The number of para-hydroxylation sites is 1. The second-order valence-electron chi connectivity index (χ2n) is 6.21. The molecule has 0 heterocycles. The average molecular weight is 494 g/mol. The van der Waals surface area contributed by atoms with E-state index in [1.165, 1.54) is 24.3 Å². The third kappa shape index (κ3) is 6.57. The minimum Gasteiger partial charge on any atom is -0.330 e. The summed E-state index contributed by atoms with van der Waals surface area (Å²) in [7, 11) is 0. The van der Waals surface area contributed by atoms with Gasteiger partial charge in [0, 0.05) is 26.9 Å². The molecule has 0 atom stereocenters. The van der Waals surface area contributed by atoms with Crippen molar-refractivity contribution in [2.24, 2.45) is 0 Å². The highest BCUT2D eigenvalue weighted by molar-refractivity contribution is 7.80. The van der Waals surface area contributed by atoms with Gasteiger partial charge in [-0.25, -0.2) is 0 Å². The molecule has 0 fully saturated rings. The Bertz CT molecular complexity index is 1140. The first-order valence-corrected chi connectivity index (χ1v) is 10.4. The number of carbonyl (C=O) groups excluding carboxylic acids is 2. The zero-order valence-corrected chi connectivity index (χ0v) is 18.8. The van der Waals surface area contributed by atoms with Crippen molar-refractivity contribution in [3.8, 4) is 0 Å². The van der Waals surface area contributed by atoms with Gasteiger partial charge in [0.15, 0.2) is 5.11 Å². The van der Waals surface area contributed by atoms with Crippen molar-refractivity contribution in [3.63, 3.8) is 0 Å². The van der Waals surface area contributed by atoms with Crippen molar-refractivity contribution in [1.82, 2.24) is 10.9 Å². The van der Waals surface area contributed by atoms with Gasteiger partial charge < -0.3 is 10.6 Å². The molecular weight excluding hydrogens is 479 g/mol. The Morgan fingerprint density at radius 1 is 0.710 bits per heavy atom. The first-order chi connectivity index (χ1) is 14.8. The fraction of sp³-hybridized carbons (Fsp3) is 0. The number of anilines is 2. The number of carbonyl (C=O) groups is 2. The lowest BCUT2D eigenvalue weighted by molar-refractivity contribution is 0.0943. The van der Waals surface area contributed by atoms with Gasteiger partial charge in [0.2, 0.25) is 0 Å². The minimum absolute atomic E-state index is 0.156. The standard InChI is InChI=1S/C21H15Cl3N4O2S/c22-14-8-13(9-15(23)11-14)19(29)25-16-5-3-4-12(10-16)20(30)27-28-21(31)26-18-7-2-1-6-17(18)24/h1-11H,(H,25,29)(H,27,30)(H2,26,28,31). The van der Waals surface area contributed by atoms with Crippen LogP contribution in [0.4, 0.5) is 11.4 Å². The first-order valence-electron chi connectivity index (χ1n) is 8.81. The van der Waals surface area contributed by atoms with E-state index in [1.807, 2.05) is 0 Å². The number of nitrogens with one attached hydrogen (secondary N) is 4. The molecule has 0 bridgehead atoms. The summed E-state index contributed by atoms with van der Waals surface area (Å²) in [5.74, 6) is -0.865. The monoisotopic (exact) mass is 492 g/mol. The fourth-order valence-electron chi connectivity index (χ4n) is 2.53. The van der Waals surface area contributed by atoms with Gasteiger partial charge in [0.05, 0.1) is 10.7 Å². The van der Waals surface area contributed by atoms with Crippen LogP contribution in [-0.4, -0.2) is 16.9 Å². The normalized spacial score (nSPS) is 10.2. The van der Waals surface area contributed by atoms with E-state index in [2.05, 4.69) is 21.5 Å². The SMILES string of the molecule is O=C(NNC(=S)Nc1ccccc1Cl)c1cccc(NC(=O)c2cc(Cl)cc(Cl)c2)c1. The molecule has 3 rings (SSSR count). The molecule has 6 nitrogen and oxygen atoms in total. The highest BCUT2D eigenvalue weighted by Crippen LogP contribution is 2.21. The van der Waals surface area contributed by atoms with Gasteiger partial charge in [0.1, 0.15) is 0 Å². The molecule has 158 valence electrons. The van der Waals surface area contributed by atoms with E-state index in [9.17, 15) is 9.59 Å². The molecule has 3 aromatic rings. The number of benzene rings is 3. The Balaban J connectivity index is 1.60. The Kier molecular flexibility index (Phi) is 7.70. The molecule has 0 aromatic heterocycles. The molecule has 0 aliphatic heterocycles. The van der Waals surface area contributed by atoms with Gasteiger partial charge in [-0.2, -0.15) is 0 Å². The summed E-state index contributed by atoms with van der Waals surface area (Å²) in [6.07, 6.45) is 0. The van der Waals surface area contributed by atoms with Gasteiger partial charge in [-0.3, -0.25) is 20.4 Å². The van der Waals surface area contributed by atoms with Crippen molar-refractivity contribution in [2.45, 2.75) is 0 Å². The van der Waals surface area contributed by atoms with Crippen molar-refractivity contribution < 1.29 is 9.59 Å².